The van der Waals surface area contributed by atoms with Gasteiger partial charge < -0.3 is 25.2 Å². The predicted molar refractivity (Wildman–Crippen MR) is 85.6 cm³/mol. The first-order valence-electron chi connectivity index (χ1n) is 8.27. The van der Waals surface area contributed by atoms with Crippen molar-refractivity contribution in [3.05, 3.63) is 0 Å². The van der Waals surface area contributed by atoms with Gasteiger partial charge in [0.2, 0.25) is 0 Å². The molecular formula is C16H36N2O3. The summed E-state index contributed by atoms with van der Waals surface area (Å²) in [6.45, 7) is 10.5. The number of nitrogens with two attached hydrogens (primary N) is 1. The number of rotatable bonds is 11. The smallest absolute Gasteiger partial charge is 0.0784 e. The molecule has 5 nitrogen and oxygen atoms in total. The Hall–Kier alpha value is -0.650. The molecule has 0 saturated heterocycles. The van der Waals surface area contributed by atoms with Crippen LogP contribution >= 0.6 is 0 Å². The second-order valence-electron chi connectivity index (χ2n) is 5.96. The number of aliphatic carboxylic acids is 1. The average Bonchev–Trinajstić information content (AvgIpc) is 2.48. The van der Waals surface area contributed by atoms with Crippen LogP contribution in [0.3, 0.4) is 0 Å². The Morgan fingerprint density at radius 3 is 1.52 bits per heavy atom. The van der Waals surface area contributed by atoms with E-state index in [4.69, 9.17) is 10.8 Å². The number of quaternary nitrogens is 1. The molecule has 0 rings (SSSR count). The maximum absolute atomic E-state index is 9.53. The molecule has 0 aliphatic carbocycles. The third-order valence-corrected chi connectivity index (χ3v) is 3.65. The minimum absolute atomic E-state index is 0.567. The molecular weight excluding hydrogens is 268 g/mol. The summed E-state index contributed by atoms with van der Waals surface area (Å²) in [4.78, 5) is 9.53. The number of carboxylic acid groups (broad SMARTS) is 1. The summed E-state index contributed by atoms with van der Waals surface area (Å²) in [7, 11) is 2.45. The largest absolute Gasteiger partial charge is 0.548 e. The molecule has 0 aromatic heterocycles. The standard InChI is InChI=1S/C13H30N.C3H7NO3/c1-5-8-11-14(4,12-9-6-2)13-10-7-3;4-2(1-5)3(6)7/h5-13H2,1-4H3;2,5H,1,4H2,(H,6,7)/q+1;/p-1/t;2-/m.0/s1. The molecule has 0 saturated carbocycles. The highest BCUT2D eigenvalue weighted by molar-refractivity contribution is 5.70. The van der Waals surface area contributed by atoms with Crippen molar-refractivity contribution in [1.29, 1.82) is 0 Å². The number of aliphatic hydroxyl groups is 1. The van der Waals surface area contributed by atoms with Crippen molar-refractivity contribution in [2.45, 2.75) is 65.3 Å². The topological polar surface area (TPSA) is 86.4 Å². The van der Waals surface area contributed by atoms with E-state index in [-0.39, 0.29) is 0 Å². The summed E-state index contributed by atoms with van der Waals surface area (Å²) in [6.07, 6.45) is 8.20. The molecule has 0 fully saturated rings. The highest BCUT2D eigenvalue weighted by Gasteiger charge is 2.18. The van der Waals surface area contributed by atoms with Gasteiger partial charge in [-0.2, -0.15) is 0 Å². The third-order valence-electron chi connectivity index (χ3n) is 3.65. The molecule has 0 unspecified atom stereocenters. The van der Waals surface area contributed by atoms with Crippen LogP contribution in [0.4, 0.5) is 0 Å². The lowest BCUT2D eigenvalue weighted by atomic mass is 10.2. The highest BCUT2D eigenvalue weighted by Crippen LogP contribution is 2.10. The van der Waals surface area contributed by atoms with Gasteiger partial charge in [0.1, 0.15) is 0 Å². The van der Waals surface area contributed by atoms with Gasteiger partial charge in [-0.1, -0.05) is 40.0 Å². The zero-order valence-corrected chi connectivity index (χ0v) is 14.4. The zero-order valence-electron chi connectivity index (χ0n) is 14.4. The van der Waals surface area contributed by atoms with Gasteiger partial charge >= 0.3 is 0 Å². The fraction of sp³-hybridized carbons (Fsp3) is 0.938. The van der Waals surface area contributed by atoms with Gasteiger partial charge in [-0.15, -0.1) is 0 Å². The summed E-state index contributed by atoms with van der Waals surface area (Å²) in [5.74, 6) is -1.43. The maximum Gasteiger partial charge on any atom is 0.0784 e. The zero-order chi connectivity index (χ0) is 16.7. The number of carbonyl (C=O) groups is 1. The van der Waals surface area contributed by atoms with Gasteiger partial charge in [0.25, 0.3) is 0 Å². The molecule has 5 heteroatoms. The van der Waals surface area contributed by atoms with Crippen molar-refractivity contribution in [3.8, 4) is 0 Å². The fourth-order valence-electron chi connectivity index (χ4n) is 2.03. The molecule has 0 heterocycles. The highest BCUT2D eigenvalue weighted by atomic mass is 16.4. The van der Waals surface area contributed by atoms with Crippen LogP contribution < -0.4 is 10.8 Å². The molecule has 128 valence electrons. The van der Waals surface area contributed by atoms with Gasteiger partial charge in [-0.3, -0.25) is 0 Å². The lowest BCUT2D eigenvalue weighted by Crippen LogP contribution is -2.46. The van der Waals surface area contributed by atoms with Crippen molar-refractivity contribution in [2.75, 3.05) is 33.3 Å². The van der Waals surface area contributed by atoms with Crippen molar-refractivity contribution >= 4 is 5.97 Å². The van der Waals surface area contributed by atoms with Gasteiger partial charge in [0.05, 0.1) is 45.3 Å². The first kappa shape index (κ1) is 22.6. The van der Waals surface area contributed by atoms with Crippen LogP contribution in [0.5, 0.6) is 0 Å². The molecule has 1 atom stereocenters. The van der Waals surface area contributed by atoms with Gasteiger partial charge in [-0.25, -0.2) is 0 Å². The Kier molecular flexibility index (Phi) is 15.4. The van der Waals surface area contributed by atoms with Crippen molar-refractivity contribution in [3.63, 3.8) is 0 Å². The van der Waals surface area contributed by atoms with Crippen molar-refractivity contribution in [2.24, 2.45) is 5.73 Å². The fourth-order valence-corrected chi connectivity index (χ4v) is 2.03. The second-order valence-corrected chi connectivity index (χ2v) is 5.96. The van der Waals surface area contributed by atoms with E-state index in [2.05, 4.69) is 27.8 Å². The molecule has 3 N–H and O–H groups in total. The SMILES string of the molecule is CCCC[N+](C)(CCCC)CCCC.N[C@@H](CO)C(=O)[O-]. The Labute approximate surface area is 130 Å². The molecule has 21 heavy (non-hydrogen) atoms. The van der Waals surface area contributed by atoms with Crippen LogP contribution in [-0.2, 0) is 4.79 Å². The Morgan fingerprint density at radius 2 is 1.38 bits per heavy atom. The van der Waals surface area contributed by atoms with Gasteiger partial charge in [0, 0.05) is 0 Å². The predicted octanol–water partition coefficient (Wildman–Crippen LogP) is 0.889. The Morgan fingerprint density at radius 1 is 1.05 bits per heavy atom. The van der Waals surface area contributed by atoms with Crippen LogP contribution in [0.25, 0.3) is 0 Å². The van der Waals surface area contributed by atoms with Crippen LogP contribution in [-0.4, -0.2) is 54.9 Å². The van der Waals surface area contributed by atoms with Crippen molar-refractivity contribution in [1.82, 2.24) is 0 Å². The normalized spacial score (nSPS) is 12.5. The van der Waals surface area contributed by atoms with E-state index in [1.807, 2.05) is 0 Å². The molecule has 0 spiro atoms. The molecule has 0 amide bonds. The number of hydrogen-bond donors (Lipinski definition) is 2. The summed E-state index contributed by atoms with van der Waals surface area (Å²) in [6, 6.07) is -1.24. The quantitative estimate of drug-likeness (QED) is 0.555. The molecule has 0 aromatic rings. The van der Waals surface area contributed by atoms with Gasteiger partial charge in [0.15, 0.2) is 0 Å². The number of carbonyl (C=O) groups excluding carboxylic acids is 1. The summed E-state index contributed by atoms with van der Waals surface area (Å²) >= 11 is 0. The first-order valence-corrected chi connectivity index (χ1v) is 8.27. The maximum atomic E-state index is 9.53. The summed E-state index contributed by atoms with van der Waals surface area (Å²) < 4.78 is 1.32. The first-order chi connectivity index (χ1) is 9.86. The van der Waals surface area contributed by atoms with Crippen LogP contribution in [0.2, 0.25) is 0 Å². The summed E-state index contributed by atoms with van der Waals surface area (Å²) in [5, 5.41) is 17.5. The van der Waals surface area contributed by atoms with Crippen LogP contribution in [0.15, 0.2) is 0 Å². The van der Waals surface area contributed by atoms with Crippen LogP contribution in [0, 0.1) is 0 Å². The number of aliphatic hydroxyl groups excluding tert-OH is 1. The van der Waals surface area contributed by atoms with E-state index >= 15 is 0 Å². The molecule has 0 bridgehead atoms. The Balaban J connectivity index is 0. The minimum Gasteiger partial charge on any atom is -0.548 e. The number of unbranched alkanes of at least 4 members (excludes halogenated alkanes) is 3. The van der Waals surface area contributed by atoms with E-state index in [1.165, 1.54) is 62.6 Å². The Bertz CT molecular complexity index is 226. The van der Waals surface area contributed by atoms with Gasteiger partial charge in [-0.05, 0) is 19.3 Å². The number of carboxylic acids is 1. The van der Waals surface area contributed by atoms with E-state index in [9.17, 15) is 9.90 Å². The van der Waals surface area contributed by atoms with E-state index in [1.54, 1.807) is 0 Å². The van der Waals surface area contributed by atoms with Crippen LogP contribution in [0.1, 0.15) is 59.3 Å². The lowest BCUT2D eigenvalue weighted by molar-refractivity contribution is -0.910. The molecule has 0 aromatic carbocycles. The molecule has 0 aliphatic heterocycles. The lowest BCUT2D eigenvalue weighted by Gasteiger charge is -2.34. The number of hydrogen-bond acceptors (Lipinski definition) is 4. The molecule has 0 radical (unpaired) electrons. The van der Waals surface area contributed by atoms with E-state index in [0.29, 0.717) is 0 Å². The second kappa shape index (κ2) is 14.3. The summed E-state index contributed by atoms with van der Waals surface area (Å²) in [5.41, 5.74) is 4.70. The van der Waals surface area contributed by atoms with E-state index < -0.39 is 18.6 Å². The third kappa shape index (κ3) is 14.1. The monoisotopic (exact) mass is 304 g/mol. The molecule has 0 aliphatic rings. The average molecular weight is 304 g/mol. The minimum atomic E-state index is -1.43. The number of nitrogens with zero attached hydrogens (tertiary/aromatic N) is 1. The van der Waals surface area contributed by atoms with Crippen molar-refractivity contribution < 1.29 is 19.5 Å². The van der Waals surface area contributed by atoms with E-state index in [0.717, 1.165) is 0 Å².